The van der Waals surface area contributed by atoms with E-state index in [1.165, 1.54) is 16.0 Å². The van der Waals surface area contributed by atoms with Crippen LogP contribution in [0.1, 0.15) is 48.8 Å². The number of thiophene rings is 1. The molecule has 0 unspecified atom stereocenters. The topological polar surface area (TPSA) is 34.9 Å². The summed E-state index contributed by atoms with van der Waals surface area (Å²) in [5.41, 5.74) is 4.95. The average Bonchev–Trinajstić information content (AvgIpc) is 3.18. The second kappa shape index (κ2) is 9.35. The molecule has 0 amide bonds. The van der Waals surface area contributed by atoms with Crippen LogP contribution in [0.25, 0.3) is 15.9 Å². The number of hydrogen-bond acceptors (Lipinski definition) is 4. The lowest BCUT2D eigenvalue weighted by atomic mass is 9.72. The monoisotopic (exact) mass is 488 g/mol. The van der Waals surface area contributed by atoms with Gasteiger partial charge in [0, 0.05) is 10.6 Å². The molecule has 3 nitrogen and oxygen atoms in total. The van der Waals surface area contributed by atoms with E-state index in [2.05, 4.69) is 58.0 Å². The minimum Gasteiger partial charge on any atom is -0.268 e. The fourth-order valence-corrected chi connectivity index (χ4v) is 7.31. The van der Waals surface area contributed by atoms with E-state index >= 15 is 0 Å². The molecule has 0 saturated heterocycles. The summed E-state index contributed by atoms with van der Waals surface area (Å²) in [7, 11) is 0. The molecule has 1 aliphatic rings. The maximum Gasteiger partial charge on any atom is 0.267 e. The summed E-state index contributed by atoms with van der Waals surface area (Å²) in [5, 5.41) is 1.65. The first-order valence-corrected chi connectivity index (χ1v) is 13.9. The third kappa shape index (κ3) is 4.48. The van der Waals surface area contributed by atoms with Crippen LogP contribution in [0.2, 0.25) is 0 Å². The lowest BCUT2D eigenvalue weighted by Gasteiger charge is -2.33. The van der Waals surface area contributed by atoms with Gasteiger partial charge < -0.3 is 0 Å². The summed E-state index contributed by atoms with van der Waals surface area (Å²) >= 11 is 3.43. The molecule has 0 fully saturated rings. The summed E-state index contributed by atoms with van der Waals surface area (Å²) < 4.78 is 1.87. The lowest BCUT2D eigenvalue weighted by molar-refractivity contribution is 0.218. The molecule has 2 aromatic carbocycles. The fourth-order valence-electron chi connectivity index (χ4n) is 4.97. The molecule has 34 heavy (non-hydrogen) atoms. The van der Waals surface area contributed by atoms with Gasteiger partial charge in [-0.05, 0) is 66.7 Å². The molecule has 0 radical (unpaired) electrons. The van der Waals surface area contributed by atoms with Gasteiger partial charge in [-0.25, -0.2) is 4.98 Å². The number of fused-ring (bicyclic) bond motifs is 3. The highest BCUT2D eigenvalue weighted by molar-refractivity contribution is 7.99. The first-order chi connectivity index (χ1) is 16.3. The maximum atomic E-state index is 14.1. The Hall–Kier alpha value is -2.37. The van der Waals surface area contributed by atoms with E-state index in [0.717, 1.165) is 58.1 Å². The van der Waals surface area contributed by atoms with Gasteiger partial charge in [0.05, 0.1) is 11.1 Å². The Morgan fingerprint density at radius 3 is 2.56 bits per heavy atom. The number of nitrogens with zero attached hydrogens (tertiary/aromatic N) is 2. The fraction of sp³-hybridized carbons (Fsp3) is 0.379. The van der Waals surface area contributed by atoms with E-state index in [9.17, 15) is 4.79 Å². The molecule has 4 aromatic rings. The number of aromatic nitrogens is 2. The van der Waals surface area contributed by atoms with Crippen molar-refractivity contribution < 1.29 is 0 Å². The van der Waals surface area contributed by atoms with Gasteiger partial charge in [0.1, 0.15) is 4.83 Å². The first kappa shape index (κ1) is 23.4. The smallest absolute Gasteiger partial charge is 0.267 e. The molecular formula is C29H32N2OS2. The van der Waals surface area contributed by atoms with E-state index in [1.54, 1.807) is 23.1 Å². The van der Waals surface area contributed by atoms with Crippen LogP contribution in [0.3, 0.4) is 0 Å². The maximum absolute atomic E-state index is 14.1. The molecule has 1 aliphatic carbocycles. The molecule has 0 N–H and O–H groups in total. The minimum absolute atomic E-state index is 0.0909. The molecule has 0 bridgehead atoms. The third-order valence-electron chi connectivity index (χ3n) is 7.10. The SMILES string of the molecule is Cc1ccccc1-n1c(SCCc2ccccc2)nc2sc3c(c2c1=O)CC[C@@H](C(C)(C)C)C3. The standard InChI is InChI=1S/C29H32N2OS2/c1-19-10-8-9-13-23(19)31-27(32)25-22-15-14-21(29(2,3)4)18-24(22)34-26(25)30-28(31)33-17-16-20-11-6-5-7-12-20/h5-13,21H,14-18H2,1-4H3/t21-/m1/s1. The Morgan fingerprint density at radius 1 is 1.09 bits per heavy atom. The van der Waals surface area contributed by atoms with Gasteiger partial charge in [-0.15, -0.1) is 11.3 Å². The van der Waals surface area contributed by atoms with Gasteiger partial charge in [-0.3, -0.25) is 9.36 Å². The second-order valence-corrected chi connectivity index (χ2v) is 12.5. The van der Waals surface area contributed by atoms with Crippen LogP contribution in [-0.4, -0.2) is 15.3 Å². The van der Waals surface area contributed by atoms with E-state index in [0.29, 0.717) is 5.92 Å². The zero-order valence-corrected chi connectivity index (χ0v) is 22.1. The molecule has 0 saturated carbocycles. The number of hydrogen-bond donors (Lipinski definition) is 0. The second-order valence-electron chi connectivity index (χ2n) is 10.4. The van der Waals surface area contributed by atoms with Gasteiger partial charge in [0.2, 0.25) is 0 Å². The van der Waals surface area contributed by atoms with Crippen molar-refractivity contribution in [3.05, 3.63) is 86.5 Å². The highest BCUT2D eigenvalue weighted by Crippen LogP contribution is 2.42. The van der Waals surface area contributed by atoms with Gasteiger partial charge in [0.25, 0.3) is 5.56 Å². The third-order valence-corrected chi connectivity index (χ3v) is 9.19. The van der Waals surface area contributed by atoms with Crippen molar-refractivity contribution in [1.29, 1.82) is 0 Å². The van der Waals surface area contributed by atoms with Crippen LogP contribution in [-0.2, 0) is 19.3 Å². The average molecular weight is 489 g/mol. The van der Waals surface area contributed by atoms with E-state index in [-0.39, 0.29) is 11.0 Å². The number of benzene rings is 2. The predicted molar refractivity (Wildman–Crippen MR) is 146 cm³/mol. The van der Waals surface area contributed by atoms with Crippen LogP contribution < -0.4 is 5.56 Å². The minimum atomic E-state index is 0.0909. The van der Waals surface area contributed by atoms with Gasteiger partial charge in [-0.2, -0.15) is 0 Å². The Labute approximate surface area is 210 Å². The van der Waals surface area contributed by atoms with Crippen LogP contribution in [0.15, 0.2) is 64.5 Å². The summed E-state index contributed by atoms with van der Waals surface area (Å²) in [6.45, 7) is 9.07. The van der Waals surface area contributed by atoms with Crippen LogP contribution in [0, 0.1) is 18.3 Å². The summed E-state index contributed by atoms with van der Waals surface area (Å²) in [6.07, 6.45) is 4.11. The molecule has 0 aliphatic heterocycles. The highest BCUT2D eigenvalue weighted by atomic mass is 32.2. The molecule has 176 valence electrons. The first-order valence-electron chi connectivity index (χ1n) is 12.1. The van der Waals surface area contributed by atoms with Gasteiger partial charge in [-0.1, -0.05) is 81.1 Å². The van der Waals surface area contributed by atoms with Crippen molar-refractivity contribution in [1.82, 2.24) is 9.55 Å². The molecule has 5 rings (SSSR count). The Morgan fingerprint density at radius 2 is 1.82 bits per heavy atom. The predicted octanol–water partition coefficient (Wildman–Crippen LogP) is 7.24. The van der Waals surface area contributed by atoms with Crippen molar-refractivity contribution in [3.8, 4) is 5.69 Å². The summed E-state index contributed by atoms with van der Waals surface area (Å²) in [5.74, 6) is 1.52. The van der Waals surface area contributed by atoms with Crippen molar-refractivity contribution >= 4 is 33.3 Å². The van der Waals surface area contributed by atoms with Gasteiger partial charge in [0.15, 0.2) is 5.16 Å². The van der Waals surface area contributed by atoms with Crippen LogP contribution in [0.5, 0.6) is 0 Å². The van der Waals surface area contributed by atoms with Crippen molar-refractivity contribution in [2.24, 2.45) is 11.3 Å². The molecule has 1 atom stereocenters. The number of thioether (sulfide) groups is 1. The lowest BCUT2D eigenvalue weighted by Crippen LogP contribution is -2.27. The van der Waals surface area contributed by atoms with Crippen molar-refractivity contribution in [3.63, 3.8) is 0 Å². The van der Waals surface area contributed by atoms with Crippen molar-refractivity contribution in [2.45, 2.75) is 58.5 Å². The number of para-hydroxylation sites is 1. The molecule has 0 spiro atoms. The summed E-state index contributed by atoms with van der Waals surface area (Å²) in [4.78, 5) is 21.5. The molecule has 2 aromatic heterocycles. The van der Waals surface area contributed by atoms with E-state index in [4.69, 9.17) is 4.98 Å². The van der Waals surface area contributed by atoms with E-state index < -0.39 is 0 Å². The molecule has 2 heterocycles. The molecular weight excluding hydrogens is 456 g/mol. The number of rotatable bonds is 5. The van der Waals surface area contributed by atoms with Gasteiger partial charge >= 0.3 is 0 Å². The van der Waals surface area contributed by atoms with Crippen LogP contribution in [0.4, 0.5) is 0 Å². The normalized spacial score (nSPS) is 16.1. The highest BCUT2D eigenvalue weighted by Gasteiger charge is 2.32. The van der Waals surface area contributed by atoms with Crippen LogP contribution >= 0.6 is 23.1 Å². The Balaban J connectivity index is 1.59. The van der Waals surface area contributed by atoms with Crippen molar-refractivity contribution in [2.75, 3.05) is 5.75 Å². The zero-order chi connectivity index (χ0) is 23.9. The quantitative estimate of drug-likeness (QED) is 0.219. The molecule has 5 heteroatoms. The zero-order valence-electron chi connectivity index (χ0n) is 20.4. The van der Waals surface area contributed by atoms with E-state index in [1.807, 2.05) is 28.8 Å². The summed E-state index contributed by atoms with van der Waals surface area (Å²) in [6, 6.07) is 18.7. The Kier molecular flexibility index (Phi) is 6.43. The Bertz CT molecular complexity index is 1380. The largest absolute Gasteiger partial charge is 0.268 e. The number of aryl methyl sites for hydroxylation is 3.